The van der Waals surface area contributed by atoms with Crippen LogP contribution in [0.5, 0.6) is 17.2 Å². The summed E-state index contributed by atoms with van der Waals surface area (Å²) < 4.78 is 12.3. The highest BCUT2D eigenvalue weighted by atomic mass is 16.5. The van der Waals surface area contributed by atoms with Crippen LogP contribution in [-0.4, -0.2) is 30.6 Å². The van der Waals surface area contributed by atoms with E-state index in [2.05, 4.69) is 24.8 Å². The second-order valence-electron chi connectivity index (χ2n) is 6.60. The average molecular weight is 325 g/mol. The number of rotatable bonds is 6. The van der Waals surface area contributed by atoms with Gasteiger partial charge >= 0.3 is 0 Å². The lowest BCUT2D eigenvalue weighted by molar-refractivity contribution is 0.128. The van der Waals surface area contributed by atoms with Gasteiger partial charge in [0.1, 0.15) is 11.9 Å². The molecule has 1 heterocycles. The Morgan fingerprint density at radius 1 is 0.875 bits per heavy atom. The summed E-state index contributed by atoms with van der Waals surface area (Å²) in [5.41, 5.74) is 1.12. The van der Waals surface area contributed by atoms with E-state index in [0.29, 0.717) is 0 Å². The van der Waals surface area contributed by atoms with Crippen LogP contribution in [0.1, 0.15) is 31.7 Å². The number of piperidine rings is 1. The van der Waals surface area contributed by atoms with Crippen molar-refractivity contribution >= 4 is 0 Å². The maximum absolute atomic E-state index is 6.19. The van der Waals surface area contributed by atoms with Crippen LogP contribution < -0.4 is 9.47 Å². The molecule has 2 aromatic rings. The zero-order valence-corrected chi connectivity index (χ0v) is 14.7. The van der Waals surface area contributed by atoms with Gasteiger partial charge in [-0.1, -0.05) is 36.8 Å². The zero-order valence-electron chi connectivity index (χ0n) is 14.7. The molecule has 0 aliphatic carbocycles. The molecule has 1 aliphatic rings. The molecule has 128 valence electrons. The van der Waals surface area contributed by atoms with Crippen molar-refractivity contribution in [2.24, 2.45) is 0 Å². The van der Waals surface area contributed by atoms with Crippen molar-refractivity contribution in [1.82, 2.24) is 4.90 Å². The molecule has 0 amide bonds. The van der Waals surface area contributed by atoms with Crippen LogP contribution in [0.3, 0.4) is 0 Å². The summed E-state index contributed by atoms with van der Waals surface area (Å²) in [6.45, 7) is 7.54. The Morgan fingerprint density at radius 2 is 1.50 bits per heavy atom. The molecule has 24 heavy (non-hydrogen) atoms. The van der Waals surface area contributed by atoms with Crippen molar-refractivity contribution in [1.29, 1.82) is 0 Å². The maximum atomic E-state index is 6.19. The Labute approximate surface area is 145 Å². The van der Waals surface area contributed by atoms with Crippen molar-refractivity contribution < 1.29 is 9.47 Å². The van der Waals surface area contributed by atoms with Crippen molar-refractivity contribution in [3.63, 3.8) is 0 Å². The fraction of sp³-hybridized carbons (Fsp3) is 0.429. The fourth-order valence-electron chi connectivity index (χ4n) is 3.18. The van der Waals surface area contributed by atoms with E-state index in [1.54, 1.807) is 0 Å². The Balaban J connectivity index is 1.66. The van der Waals surface area contributed by atoms with Crippen molar-refractivity contribution in [3.05, 3.63) is 54.1 Å². The molecule has 1 aliphatic heterocycles. The fourth-order valence-corrected chi connectivity index (χ4v) is 3.18. The van der Waals surface area contributed by atoms with Gasteiger partial charge in [-0.2, -0.15) is 0 Å². The first-order valence-corrected chi connectivity index (χ1v) is 8.94. The molecule has 0 N–H and O–H groups in total. The lowest BCUT2D eigenvalue weighted by atomic mass is 10.1. The molecule has 3 rings (SSSR count). The summed E-state index contributed by atoms with van der Waals surface area (Å²) in [5, 5.41) is 0. The van der Waals surface area contributed by atoms with Crippen LogP contribution in [-0.2, 0) is 0 Å². The first-order chi connectivity index (χ1) is 11.7. The summed E-state index contributed by atoms with van der Waals surface area (Å²) in [6, 6.07) is 16.0. The van der Waals surface area contributed by atoms with Gasteiger partial charge < -0.3 is 9.47 Å². The Morgan fingerprint density at radius 3 is 2.21 bits per heavy atom. The van der Waals surface area contributed by atoms with Gasteiger partial charge in [-0.3, -0.25) is 4.90 Å². The van der Waals surface area contributed by atoms with Gasteiger partial charge in [0.2, 0.25) is 0 Å². The number of likely N-dealkylation sites (tertiary alicyclic amines) is 1. The minimum atomic E-state index is 0.143. The van der Waals surface area contributed by atoms with Gasteiger partial charge in [-0.25, -0.2) is 0 Å². The average Bonchev–Trinajstić information content (AvgIpc) is 2.59. The van der Waals surface area contributed by atoms with Gasteiger partial charge in [0.05, 0.1) is 0 Å². The van der Waals surface area contributed by atoms with Gasteiger partial charge in [-0.15, -0.1) is 0 Å². The lowest BCUT2D eigenvalue weighted by Crippen LogP contribution is -2.37. The smallest absolute Gasteiger partial charge is 0.169 e. The van der Waals surface area contributed by atoms with E-state index in [-0.39, 0.29) is 6.10 Å². The van der Waals surface area contributed by atoms with E-state index in [0.717, 1.165) is 29.4 Å². The van der Waals surface area contributed by atoms with Crippen LogP contribution in [0.2, 0.25) is 0 Å². The molecular formula is C21H27NO2. The number of ether oxygens (including phenoxy) is 2. The van der Waals surface area contributed by atoms with Crippen molar-refractivity contribution in [2.45, 2.75) is 39.2 Å². The van der Waals surface area contributed by atoms with Crippen LogP contribution in [0.4, 0.5) is 0 Å². The molecule has 3 nitrogen and oxygen atoms in total. The van der Waals surface area contributed by atoms with Crippen LogP contribution in [0.25, 0.3) is 0 Å². The van der Waals surface area contributed by atoms with Gasteiger partial charge in [0.25, 0.3) is 0 Å². The topological polar surface area (TPSA) is 21.7 Å². The normalized spacial score (nSPS) is 16.6. The Kier molecular flexibility index (Phi) is 5.76. The van der Waals surface area contributed by atoms with Gasteiger partial charge in [-0.05, 0) is 63.5 Å². The monoisotopic (exact) mass is 325 g/mol. The molecular weight excluding hydrogens is 298 g/mol. The number of nitrogens with zero attached hydrogens (tertiary/aromatic N) is 1. The summed E-state index contributed by atoms with van der Waals surface area (Å²) in [6.07, 6.45) is 4.11. The highest BCUT2D eigenvalue weighted by Crippen LogP contribution is 2.33. The van der Waals surface area contributed by atoms with E-state index in [9.17, 15) is 0 Å². The maximum Gasteiger partial charge on any atom is 0.169 e. The van der Waals surface area contributed by atoms with Crippen molar-refractivity contribution in [3.8, 4) is 17.2 Å². The molecule has 1 saturated heterocycles. The molecule has 0 radical (unpaired) electrons. The number of aryl methyl sites for hydroxylation is 1. The minimum absolute atomic E-state index is 0.143. The van der Waals surface area contributed by atoms with Crippen LogP contribution in [0.15, 0.2) is 48.5 Å². The third-order valence-electron chi connectivity index (χ3n) is 4.45. The summed E-state index contributed by atoms with van der Waals surface area (Å²) in [7, 11) is 0. The second-order valence-corrected chi connectivity index (χ2v) is 6.60. The highest BCUT2D eigenvalue weighted by Gasteiger charge is 2.16. The van der Waals surface area contributed by atoms with Gasteiger partial charge in [0.15, 0.2) is 11.5 Å². The summed E-state index contributed by atoms with van der Waals surface area (Å²) in [4.78, 5) is 2.50. The predicted octanol–water partition coefficient (Wildman–Crippen LogP) is 5.04. The van der Waals surface area contributed by atoms with E-state index in [4.69, 9.17) is 9.47 Å². The molecule has 2 aromatic carbocycles. The largest absolute Gasteiger partial charge is 0.485 e. The third-order valence-corrected chi connectivity index (χ3v) is 4.45. The SMILES string of the molecule is Cc1ccccc1Oc1ccccc1OC(C)CN1CCCCC1. The Bertz CT molecular complexity index is 650. The third kappa shape index (κ3) is 4.51. The standard InChI is InChI=1S/C21H27NO2/c1-17-10-4-5-11-19(17)24-21-13-7-6-12-20(21)23-18(2)16-22-14-8-3-9-15-22/h4-7,10-13,18H,3,8-9,14-16H2,1-2H3. The minimum Gasteiger partial charge on any atom is -0.485 e. The molecule has 0 aromatic heterocycles. The van der Waals surface area contributed by atoms with E-state index in [1.807, 2.05) is 42.5 Å². The summed E-state index contributed by atoms with van der Waals surface area (Å²) >= 11 is 0. The predicted molar refractivity (Wildman–Crippen MR) is 98.1 cm³/mol. The number of para-hydroxylation sites is 3. The molecule has 0 saturated carbocycles. The molecule has 1 unspecified atom stereocenters. The number of benzene rings is 2. The molecule has 1 fully saturated rings. The summed E-state index contributed by atoms with van der Waals surface area (Å²) in [5.74, 6) is 2.46. The number of hydrogen-bond donors (Lipinski definition) is 0. The van der Waals surface area contributed by atoms with Crippen LogP contribution in [0, 0.1) is 6.92 Å². The zero-order chi connectivity index (χ0) is 16.8. The van der Waals surface area contributed by atoms with Gasteiger partial charge in [0, 0.05) is 6.54 Å². The molecule has 1 atom stereocenters. The van der Waals surface area contributed by atoms with E-state index < -0.39 is 0 Å². The van der Waals surface area contributed by atoms with Crippen LogP contribution >= 0.6 is 0 Å². The highest BCUT2D eigenvalue weighted by molar-refractivity contribution is 5.44. The Hall–Kier alpha value is -2.00. The lowest BCUT2D eigenvalue weighted by Gasteiger charge is -2.29. The van der Waals surface area contributed by atoms with E-state index in [1.165, 1.54) is 32.4 Å². The first kappa shape index (κ1) is 16.8. The molecule has 0 spiro atoms. The molecule has 0 bridgehead atoms. The quantitative estimate of drug-likeness (QED) is 0.742. The second kappa shape index (κ2) is 8.20. The van der Waals surface area contributed by atoms with Crippen molar-refractivity contribution in [2.75, 3.05) is 19.6 Å². The first-order valence-electron chi connectivity index (χ1n) is 8.94. The number of hydrogen-bond acceptors (Lipinski definition) is 3. The van der Waals surface area contributed by atoms with E-state index >= 15 is 0 Å². The molecule has 3 heteroatoms.